The summed E-state index contributed by atoms with van der Waals surface area (Å²) in [4.78, 5) is 25.1. The van der Waals surface area contributed by atoms with Crippen molar-refractivity contribution in [3.05, 3.63) is 48.6 Å². The first-order valence-electron chi connectivity index (χ1n) is 20.9. The van der Waals surface area contributed by atoms with Crippen LogP contribution >= 0.6 is 0 Å². The van der Waals surface area contributed by atoms with Gasteiger partial charge in [-0.15, -0.1) is 0 Å². The van der Waals surface area contributed by atoms with Gasteiger partial charge in [0.15, 0.2) is 0 Å². The fourth-order valence-electron chi connectivity index (χ4n) is 5.89. The Hall–Kier alpha value is -2.10. The van der Waals surface area contributed by atoms with Gasteiger partial charge in [0, 0.05) is 18.3 Å². The van der Waals surface area contributed by atoms with E-state index in [1.54, 1.807) is 0 Å². The molecule has 0 saturated carbocycles. The van der Waals surface area contributed by atoms with Gasteiger partial charge >= 0.3 is 11.9 Å². The molecule has 0 aliphatic heterocycles. The highest BCUT2D eigenvalue weighted by Gasteiger charge is 2.31. The van der Waals surface area contributed by atoms with Crippen LogP contribution in [0.1, 0.15) is 207 Å². The second-order valence-electron chi connectivity index (χ2n) is 14.2. The second-order valence-corrected chi connectivity index (χ2v) is 14.2. The number of ether oxygens (including phenoxy) is 2. The van der Waals surface area contributed by atoms with E-state index in [0.29, 0.717) is 26.1 Å². The van der Waals surface area contributed by atoms with Crippen molar-refractivity contribution in [2.75, 3.05) is 13.2 Å². The molecule has 0 aromatic heterocycles. The van der Waals surface area contributed by atoms with Crippen LogP contribution in [0, 0.1) is 5.41 Å². The minimum absolute atomic E-state index is 0.114. The van der Waals surface area contributed by atoms with Crippen LogP contribution in [-0.4, -0.2) is 25.2 Å². The van der Waals surface area contributed by atoms with Crippen LogP contribution in [0.15, 0.2) is 48.6 Å². The maximum Gasteiger partial charge on any atom is 0.305 e. The van der Waals surface area contributed by atoms with Crippen molar-refractivity contribution < 1.29 is 19.1 Å². The lowest BCUT2D eigenvalue weighted by Crippen LogP contribution is -2.34. The van der Waals surface area contributed by atoms with Crippen LogP contribution in [0.5, 0.6) is 0 Å². The van der Waals surface area contributed by atoms with Gasteiger partial charge in [-0.1, -0.05) is 153 Å². The minimum Gasteiger partial charge on any atom is -0.465 e. The Bertz CT molecular complexity index is 790. The molecule has 284 valence electrons. The van der Waals surface area contributed by atoms with Gasteiger partial charge < -0.3 is 9.47 Å². The van der Waals surface area contributed by atoms with Crippen LogP contribution in [0.3, 0.4) is 0 Å². The third-order valence-corrected chi connectivity index (χ3v) is 9.55. The number of allylic oxidation sites excluding steroid dienone is 8. The molecule has 4 nitrogen and oxygen atoms in total. The Morgan fingerprint density at radius 2 is 0.776 bits per heavy atom. The summed E-state index contributed by atoms with van der Waals surface area (Å²) in [6.07, 6.45) is 48.9. The standard InChI is InChI=1S/C45H80O4/c1-5-9-12-14-16-18-20-22-24-26-28-30-32-34-36-38-43(46)48-41-45(8-4,40-11-7-3)42-49-44(47)39-37-35-33-31-29-27-25-23-21-19-17-15-13-10-6-2/h16-19,22-25H,5-15,20-21,26-42H2,1-4H3. The molecule has 0 fully saturated rings. The Kier molecular flexibility index (Phi) is 35.6. The van der Waals surface area contributed by atoms with Crippen molar-refractivity contribution in [3.8, 4) is 0 Å². The van der Waals surface area contributed by atoms with Gasteiger partial charge in [0.05, 0.1) is 0 Å². The van der Waals surface area contributed by atoms with Gasteiger partial charge in [0.1, 0.15) is 13.2 Å². The SMILES string of the molecule is CCCCCC=CCC=CCCCCCCCC(=O)OCC(CC)(CCCC)COC(=O)CCCCCCCC=CCC=CCCCCC. The first-order valence-corrected chi connectivity index (χ1v) is 20.9. The fourth-order valence-corrected chi connectivity index (χ4v) is 5.89. The van der Waals surface area contributed by atoms with Crippen molar-refractivity contribution in [3.63, 3.8) is 0 Å². The first kappa shape index (κ1) is 46.9. The zero-order chi connectivity index (χ0) is 35.9. The molecule has 0 spiro atoms. The van der Waals surface area contributed by atoms with Crippen LogP contribution in [0.4, 0.5) is 0 Å². The van der Waals surface area contributed by atoms with Crippen molar-refractivity contribution in [1.29, 1.82) is 0 Å². The highest BCUT2D eigenvalue weighted by molar-refractivity contribution is 5.69. The minimum atomic E-state index is -0.280. The number of unbranched alkanes of at least 4 members (excludes halogenated alkanes) is 17. The smallest absolute Gasteiger partial charge is 0.305 e. The summed E-state index contributed by atoms with van der Waals surface area (Å²) in [6, 6.07) is 0. The van der Waals surface area contributed by atoms with E-state index in [2.05, 4.69) is 76.3 Å². The average molecular weight is 685 g/mol. The van der Waals surface area contributed by atoms with Gasteiger partial charge in [-0.3, -0.25) is 9.59 Å². The van der Waals surface area contributed by atoms with Crippen molar-refractivity contribution in [1.82, 2.24) is 0 Å². The largest absolute Gasteiger partial charge is 0.465 e. The molecule has 0 rings (SSSR count). The van der Waals surface area contributed by atoms with Gasteiger partial charge in [-0.25, -0.2) is 0 Å². The zero-order valence-corrected chi connectivity index (χ0v) is 33.0. The summed E-state index contributed by atoms with van der Waals surface area (Å²) in [5.74, 6) is -0.229. The average Bonchev–Trinajstić information content (AvgIpc) is 3.11. The van der Waals surface area contributed by atoms with Gasteiger partial charge in [0.25, 0.3) is 0 Å². The number of hydrogen-bond donors (Lipinski definition) is 0. The quantitative estimate of drug-likeness (QED) is 0.0374. The monoisotopic (exact) mass is 685 g/mol. The molecular formula is C45H80O4. The Morgan fingerprint density at radius 3 is 1.14 bits per heavy atom. The molecule has 49 heavy (non-hydrogen) atoms. The van der Waals surface area contributed by atoms with E-state index in [1.807, 2.05) is 0 Å². The van der Waals surface area contributed by atoms with Gasteiger partial charge in [-0.05, 0) is 89.9 Å². The summed E-state index contributed by atoms with van der Waals surface area (Å²) in [5.41, 5.74) is -0.280. The Morgan fingerprint density at radius 1 is 0.429 bits per heavy atom. The molecule has 0 unspecified atom stereocenters. The summed E-state index contributed by atoms with van der Waals surface area (Å²) in [7, 11) is 0. The number of rotatable bonds is 36. The van der Waals surface area contributed by atoms with E-state index in [-0.39, 0.29) is 17.4 Å². The van der Waals surface area contributed by atoms with Crippen molar-refractivity contribution >= 4 is 11.9 Å². The summed E-state index contributed by atoms with van der Waals surface area (Å²) in [5, 5.41) is 0. The fraction of sp³-hybridized carbons (Fsp3) is 0.778. The molecular weight excluding hydrogens is 604 g/mol. The topological polar surface area (TPSA) is 52.6 Å². The van der Waals surface area contributed by atoms with E-state index < -0.39 is 0 Å². The molecule has 0 aromatic rings. The summed E-state index contributed by atoms with van der Waals surface area (Å²) >= 11 is 0. The van der Waals surface area contributed by atoms with Crippen molar-refractivity contribution in [2.24, 2.45) is 5.41 Å². The molecule has 0 bridgehead atoms. The van der Waals surface area contributed by atoms with Crippen LogP contribution in [-0.2, 0) is 19.1 Å². The predicted octanol–water partition coefficient (Wildman–Crippen LogP) is 14.3. The molecule has 0 aliphatic carbocycles. The Balaban J connectivity index is 4.06. The lowest BCUT2D eigenvalue weighted by atomic mass is 9.81. The van der Waals surface area contributed by atoms with Crippen LogP contribution < -0.4 is 0 Å². The number of carbonyl (C=O) groups is 2. The van der Waals surface area contributed by atoms with E-state index in [4.69, 9.17) is 9.47 Å². The van der Waals surface area contributed by atoms with E-state index >= 15 is 0 Å². The maximum atomic E-state index is 12.6. The van der Waals surface area contributed by atoms with Crippen molar-refractivity contribution in [2.45, 2.75) is 207 Å². The summed E-state index contributed by atoms with van der Waals surface area (Å²) < 4.78 is 11.6. The van der Waals surface area contributed by atoms with E-state index in [9.17, 15) is 9.59 Å². The molecule has 0 atom stereocenters. The molecule has 0 N–H and O–H groups in total. The Labute approximate surface area is 305 Å². The third kappa shape index (κ3) is 32.8. The highest BCUT2D eigenvalue weighted by atomic mass is 16.5. The van der Waals surface area contributed by atoms with Gasteiger partial charge in [-0.2, -0.15) is 0 Å². The number of esters is 2. The molecule has 4 heteroatoms. The van der Waals surface area contributed by atoms with Gasteiger partial charge in [0.2, 0.25) is 0 Å². The maximum absolute atomic E-state index is 12.6. The van der Waals surface area contributed by atoms with E-state index in [1.165, 1.54) is 89.9 Å². The first-order chi connectivity index (χ1) is 24.0. The normalized spacial score (nSPS) is 13.3. The lowest BCUT2D eigenvalue weighted by Gasteiger charge is -2.31. The second kappa shape index (κ2) is 37.2. The molecule has 0 heterocycles. The number of hydrogen-bond acceptors (Lipinski definition) is 4. The highest BCUT2D eigenvalue weighted by Crippen LogP contribution is 2.30. The zero-order valence-electron chi connectivity index (χ0n) is 33.0. The molecule has 0 saturated heterocycles. The predicted molar refractivity (Wildman–Crippen MR) is 213 cm³/mol. The number of carbonyl (C=O) groups excluding carboxylic acids is 2. The van der Waals surface area contributed by atoms with Crippen LogP contribution in [0.25, 0.3) is 0 Å². The lowest BCUT2D eigenvalue weighted by molar-refractivity contribution is -0.155. The molecule has 0 aliphatic rings. The summed E-state index contributed by atoms with van der Waals surface area (Å²) in [6.45, 7) is 9.48. The van der Waals surface area contributed by atoms with E-state index in [0.717, 1.165) is 77.0 Å². The molecule has 0 amide bonds. The van der Waals surface area contributed by atoms with Crippen LogP contribution in [0.2, 0.25) is 0 Å². The molecule has 0 radical (unpaired) electrons. The molecule has 0 aromatic carbocycles. The third-order valence-electron chi connectivity index (χ3n) is 9.55.